The van der Waals surface area contributed by atoms with Gasteiger partial charge in [-0.2, -0.15) is 15.5 Å². The van der Waals surface area contributed by atoms with Crippen LogP contribution in [-0.4, -0.2) is 13.1 Å². The first kappa shape index (κ1) is 10.2. The molecular formula is C10H17N3. The van der Waals surface area contributed by atoms with Crippen LogP contribution in [0.25, 0.3) is 0 Å². The molecule has 0 amide bonds. The van der Waals surface area contributed by atoms with E-state index in [9.17, 15) is 5.26 Å². The summed E-state index contributed by atoms with van der Waals surface area (Å²) < 4.78 is 0. The van der Waals surface area contributed by atoms with E-state index >= 15 is 0 Å². The largest absolute Gasteiger partial charge is 0.198 e. The van der Waals surface area contributed by atoms with Crippen LogP contribution in [0.3, 0.4) is 0 Å². The normalized spacial score (nSPS) is 39.5. The van der Waals surface area contributed by atoms with Gasteiger partial charge >= 0.3 is 0 Å². The Bertz CT molecular complexity index is 225. The molecule has 2 unspecified atom stereocenters. The van der Waals surface area contributed by atoms with Crippen molar-refractivity contribution < 1.29 is 0 Å². The van der Waals surface area contributed by atoms with Crippen LogP contribution in [0.2, 0.25) is 0 Å². The highest BCUT2D eigenvalue weighted by atomic mass is 15.1. The van der Waals surface area contributed by atoms with Gasteiger partial charge in [-0.25, -0.2) is 0 Å². The summed E-state index contributed by atoms with van der Waals surface area (Å²) in [6.07, 6.45) is 0.900. The van der Waals surface area contributed by atoms with Gasteiger partial charge in [-0.1, -0.05) is 20.8 Å². The third-order valence-corrected chi connectivity index (χ3v) is 3.36. The minimum Gasteiger partial charge on any atom is -0.198 e. The maximum absolute atomic E-state index is 9.27. The number of nitriles is 1. The van der Waals surface area contributed by atoms with E-state index in [0.717, 1.165) is 6.42 Å². The van der Waals surface area contributed by atoms with Crippen molar-refractivity contribution in [2.45, 2.75) is 27.2 Å². The summed E-state index contributed by atoms with van der Waals surface area (Å²) in [5, 5.41) is 17.4. The van der Waals surface area contributed by atoms with Gasteiger partial charge in [0, 0.05) is 0 Å². The van der Waals surface area contributed by atoms with Crippen molar-refractivity contribution in [2.75, 3.05) is 13.1 Å². The van der Waals surface area contributed by atoms with Gasteiger partial charge in [-0.05, 0) is 18.3 Å². The first-order valence-electron chi connectivity index (χ1n) is 4.92. The van der Waals surface area contributed by atoms with Crippen LogP contribution in [0.5, 0.6) is 0 Å². The summed E-state index contributed by atoms with van der Waals surface area (Å²) in [5.74, 6) is 0.646. The van der Waals surface area contributed by atoms with Crippen LogP contribution in [-0.2, 0) is 0 Å². The molecule has 0 saturated heterocycles. The van der Waals surface area contributed by atoms with Crippen molar-refractivity contribution >= 4 is 0 Å². The Morgan fingerprint density at radius 3 is 2.08 bits per heavy atom. The third-order valence-electron chi connectivity index (χ3n) is 3.36. The fraction of sp³-hybridized carbons (Fsp3) is 0.900. The lowest BCUT2D eigenvalue weighted by Crippen LogP contribution is -2.35. The van der Waals surface area contributed by atoms with Crippen molar-refractivity contribution in [1.82, 2.24) is 0 Å². The van der Waals surface area contributed by atoms with Crippen LogP contribution < -0.4 is 0 Å². The Morgan fingerprint density at radius 1 is 1.31 bits per heavy atom. The van der Waals surface area contributed by atoms with Crippen molar-refractivity contribution in [3.63, 3.8) is 0 Å². The Labute approximate surface area is 79.9 Å². The molecule has 0 fully saturated rings. The van der Waals surface area contributed by atoms with E-state index in [2.05, 4.69) is 37.1 Å². The minimum absolute atomic E-state index is 0.219. The lowest BCUT2D eigenvalue weighted by molar-refractivity contribution is 0.176. The highest BCUT2D eigenvalue weighted by Gasteiger charge is 2.41. The lowest BCUT2D eigenvalue weighted by atomic mass is 9.67. The number of nitrogens with zero attached hydrogens (tertiary/aromatic N) is 3. The van der Waals surface area contributed by atoms with Crippen molar-refractivity contribution in [3.8, 4) is 6.07 Å². The molecule has 3 heteroatoms. The van der Waals surface area contributed by atoms with Gasteiger partial charge in [-0.3, -0.25) is 0 Å². The van der Waals surface area contributed by atoms with E-state index in [4.69, 9.17) is 0 Å². The maximum atomic E-state index is 9.27. The molecule has 3 nitrogen and oxygen atoms in total. The van der Waals surface area contributed by atoms with Crippen molar-refractivity contribution in [3.05, 3.63) is 0 Å². The summed E-state index contributed by atoms with van der Waals surface area (Å²) in [7, 11) is 0. The molecule has 0 aromatic heterocycles. The fourth-order valence-corrected chi connectivity index (χ4v) is 2.17. The molecule has 0 aromatic carbocycles. The molecule has 2 atom stereocenters. The van der Waals surface area contributed by atoms with Gasteiger partial charge in [0.25, 0.3) is 0 Å². The minimum atomic E-state index is -0.219. The number of hydrogen-bond acceptors (Lipinski definition) is 3. The summed E-state index contributed by atoms with van der Waals surface area (Å²) in [6.45, 7) is 7.69. The van der Waals surface area contributed by atoms with E-state index in [-0.39, 0.29) is 5.41 Å². The molecule has 72 valence electrons. The topological polar surface area (TPSA) is 48.5 Å². The lowest BCUT2D eigenvalue weighted by Gasteiger charge is -2.34. The van der Waals surface area contributed by atoms with Crippen LogP contribution >= 0.6 is 0 Å². The van der Waals surface area contributed by atoms with Gasteiger partial charge in [0.15, 0.2) is 0 Å². The molecule has 13 heavy (non-hydrogen) atoms. The molecule has 0 bridgehead atoms. The monoisotopic (exact) mass is 179 g/mol. The summed E-state index contributed by atoms with van der Waals surface area (Å²) >= 11 is 0. The molecule has 0 radical (unpaired) electrons. The van der Waals surface area contributed by atoms with Crippen LogP contribution in [0.4, 0.5) is 0 Å². The van der Waals surface area contributed by atoms with Crippen LogP contribution in [0.1, 0.15) is 27.2 Å². The quantitative estimate of drug-likeness (QED) is 0.610. The van der Waals surface area contributed by atoms with Gasteiger partial charge in [0.1, 0.15) is 0 Å². The Balaban J connectivity index is 2.96. The smallest absolute Gasteiger partial charge is 0.0696 e. The molecule has 1 aliphatic rings. The molecule has 0 N–H and O–H groups in total. The van der Waals surface area contributed by atoms with Crippen LogP contribution in [0.15, 0.2) is 10.2 Å². The number of azo groups is 1. The highest BCUT2D eigenvalue weighted by molar-refractivity contribution is 5.05. The van der Waals surface area contributed by atoms with Crippen molar-refractivity contribution in [2.24, 2.45) is 27.5 Å². The standard InChI is InChI=1S/C10H17N3/c1-4-10(7-11)8(2)5-12-13-6-9(10)3/h8-9H,4-6H2,1-3H3. The van der Waals surface area contributed by atoms with Gasteiger partial charge in [-0.15, -0.1) is 0 Å². The fourth-order valence-electron chi connectivity index (χ4n) is 2.17. The second-order valence-corrected chi connectivity index (χ2v) is 3.96. The predicted molar refractivity (Wildman–Crippen MR) is 51.3 cm³/mol. The molecule has 1 heterocycles. The summed E-state index contributed by atoms with van der Waals surface area (Å²) in [4.78, 5) is 0. The second kappa shape index (κ2) is 3.87. The third kappa shape index (κ3) is 1.58. The first-order chi connectivity index (χ1) is 6.17. The molecule has 0 saturated carbocycles. The molecular weight excluding hydrogens is 162 g/mol. The van der Waals surface area contributed by atoms with E-state index in [0.29, 0.717) is 24.9 Å². The zero-order chi connectivity index (χ0) is 9.90. The van der Waals surface area contributed by atoms with E-state index in [1.54, 1.807) is 0 Å². The summed E-state index contributed by atoms with van der Waals surface area (Å²) in [6, 6.07) is 2.49. The average Bonchev–Trinajstić information content (AvgIpc) is 2.27. The number of rotatable bonds is 1. The van der Waals surface area contributed by atoms with Crippen LogP contribution in [0, 0.1) is 28.6 Å². The zero-order valence-corrected chi connectivity index (χ0v) is 8.62. The molecule has 1 aliphatic heterocycles. The molecule has 0 aliphatic carbocycles. The molecule has 0 spiro atoms. The maximum Gasteiger partial charge on any atom is 0.0696 e. The van der Waals surface area contributed by atoms with Gasteiger partial charge in [0.05, 0.1) is 24.6 Å². The van der Waals surface area contributed by atoms with Gasteiger partial charge in [0.2, 0.25) is 0 Å². The average molecular weight is 179 g/mol. The molecule has 1 rings (SSSR count). The Kier molecular flexibility index (Phi) is 3.02. The second-order valence-electron chi connectivity index (χ2n) is 3.96. The van der Waals surface area contributed by atoms with Crippen molar-refractivity contribution in [1.29, 1.82) is 5.26 Å². The van der Waals surface area contributed by atoms with E-state index in [1.165, 1.54) is 0 Å². The summed E-state index contributed by atoms with van der Waals surface area (Å²) in [5.41, 5.74) is -0.219. The number of hydrogen-bond donors (Lipinski definition) is 0. The van der Waals surface area contributed by atoms with E-state index < -0.39 is 0 Å². The Morgan fingerprint density at radius 2 is 1.77 bits per heavy atom. The zero-order valence-electron chi connectivity index (χ0n) is 8.62. The van der Waals surface area contributed by atoms with Gasteiger partial charge < -0.3 is 0 Å². The predicted octanol–water partition coefficient (Wildman–Crippen LogP) is 2.64. The SMILES string of the molecule is CCC1(C#N)C(C)CN=NCC1C. The molecule has 0 aromatic rings. The van der Waals surface area contributed by atoms with E-state index in [1.807, 2.05) is 0 Å². The highest BCUT2D eigenvalue weighted by Crippen LogP contribution is 2.40. The first-order valence-corrected chi connectivity index (χ1v) is 4.92. The Hall–Kier alpha value is -0.910.